The van der Waals surface area contributed by atoms with E-state index in [0.717, 1.165) is 5.69 Å². The topological polar surface area (TPSA) is 109 Å². The minimum atomic E-state index is -0.528. The molecular weight excluding hydrogens is 400 g/mol. The maximum Gasteiger partial charge on any atom is 0.269 e. The number of carbonyl (C=O) groups excluding carboxylic acids is 3. The van der Waals surface area contributed by atoms with Crippen LogP contribution in [0.15, 0.2) is 42.5 Å². The van der Waals surface area contributed by atoms with Gasteiger partial charge in [0.15, 0.2) is 18.1 Å². The number of ether oxygens (including phenoxy) is 2. The minimum absolute atomic E-state index is 0.00429. The molecule has 2 rings (SSSR count). The second-order valence-corrected chi connectivity index (χ2v) is 7.23. The largest absolute Gasteiger partial charge is 0.493 e. The molecule has 2 aromatic rings. The van der Waals surface area contributed by atoms with Crippen molar-refractivity contribution < 1.29 is 23.9 Å². The van der Waals surface area contributed by atoms with Crippen LogP contribution in [-0.2, 0) is 4.79 Å². The van der Waals surface area contributed by atoms with Crippen LogP contribution in [0.3, 0.4) is 0 Å². The third-order valence-corrected chi connectivity index (χ3v) is 4.15. The van der Waals surface area contributed by atoms with Gasteiger partial charge in [0, 0.05) is 37.0 Å². The predicted molar refractivity (Wildman–Crippen MR) is 117 cm³/mol. The van der Waals surface area contributed by atoms with Gasteiger partial charge < -0.3 is 19.7 Å². The number of nitrogens with zero attached hydrogens (tertiary/aromatic N) is 1. The summed E-state index contributed by atoms with van der Waals surface area (Å²) in [7, 11) is 5.17. The first-order valence-electron chi connectivity index (χ1n) is 9.69. The Balaban J connectivity index is 1.99. The molecule has 0 saturated heterocycles. The average Bonchev–Trinajstić information content (AvgIpc) is 2.75. The van der Waals surface area contributed by atoms with Crippen molar-refractivity contribution >= 4 is 23.4 Å². The van der Waals surface area contributed by atoms with Gasteiger partial charge >= 0.3 is 0 Å². The SMILES string of the molecule is COc1cc(C(=O)NNC(=O)c2cccc(N(C)C)c2)ccc1OCC(=O)NC(C)C. The summed E-state index contributed by atoms with van der Waals surface area (Å²) in [6.45, 7) is 3.52. The Kier molecular flexibility index (Phi) is 8.25. The Bertz CT molecular complexity index is 943. The smallest absolute Gasteiger partial charge is 0.269 e. The van der Waals surface area contributed by atoms with E-state index in [-0.39, 0.29) is 29.9 Å². The van der Waals surface area contributed by atoms with Gasteiger partial charge in [-0.3, -0.25) is 25.2 Å². The first-order chi connectivity index (χ1) is 14.7. The van der Waals surface area contributed by atoms with Crippen molar-refractivity contribution in [1.82, 2.24) is 16.2 Å². The van der Waals surface area contributed by atoms with Crippen molar-refractivity contribution in [3.8, 4) is 11.5 Å². The molecule has 0 aliphatic heterocycles. The third kappa shape index (κ3) is 6.91. The van der Waals surface area contributed by atoms with Crippen LogP contribution >= 0.6 is 0 Å². The van der Waals surface area contributed by atoms with Gasteiger partial charge in [0.05, 0.1) is 7.11 Å². The number of carbonyl (C=O) groups is 3. The average molecular weight is 428 g/mol. The lowest BCUT2D eigenvalue weighted by molar-refractivity contribution is -0.123. The zero-order chi connectivity index (χ0) is 23.0. The Morgan fingerprint density at radius 2 is 1.58 bits per heavy atom. The Hall–Kier alpha value is -3.75. The second kappa shape index (κ2) is 10.9. The van der Waals surface area contributed by atoms with Gasteiger partial charge in [0.25, 0.3) is 17.7 Å². The van der Waals surface area contributed by atoms with Crippen LogP contribution in [0.5, 0.6) is 11.5 Å². The van der Waals surface area contributed by atoms with Crippen LogP contribution < -0.4 is 30.5 Å². The number of hydrazine groups is 1. The molecule has 0 spiro atoms. The number of methoxy groups -OCH3 is 1. The van der Waals surface area contributed by atoms with E-state index in [2.05, 4.69) is 16.2 Å². The van der Waals surface area contributed by atoms with Gasteiger partial charge in [-0.25, -0.2) is 0 Å². The quantitative estimate of drug-likeness (QED) is 0.553. The molecule has 0 saturated carbocycles. The summed E-state index contributed by atoms with van der Waals surface area (Å²) in [6.07, 6.45) is 0. The van der Waals surface area contributed by atoms with E-state index < -0.39 is 11.8 Å². The normalized spacial score (nSPS) is 10.3. The van der Waals surface area contributed by atoms with E-state index in [9.17, 15) is 14.4 Å². The molecule has 2 aromatic carbocycles. The first-order valence-corrected chi connectivity index (χ1v) is 9.69. The third-order valence-electron chi connectivity index (χ3n) is 4.15. The van der Waals surface area contributed by atoms with Crippen molar-refractivity contribution in [2.75, 3.05) is 32.7 Å². The molecule has 3 N–H and O–H groups in total. The fourth-order valence-corrected chi connectivity index (χ4v) is 2.62. The predicted octanol–water partition coefficient (Wildman–Crippen LogP) is 1.74. The molecule has 0 heterocycles. The highest BCUT2D eigenvalue weighted by Crippen LogP contribution is 2.28. The van der Waals surface area contributed by atoms with E-state index in [1.807, 2.05) is 38.9 Å². The molecule has 9 nitrogen and oxygen atoms in total. The van der Waals surface area contributed by atoms with Crippen molar-refractivity contribution in [2.24, 2.45) is 0 Å². The Morgan fingerprint density at radius 3 is 2.16 bits per heavy atom. The van der Waals surface area contributed by atoms with Crippen LogP contribution in [0.2, 0.25) is 0 Å². The van der Waals surface area contributed by atoms with E-state index in [1.54, 1.807) is 18.2 Å². The number of hydrogen-bond acceptors (Lipinski definition) is 6. The Morgan fingerprint density at radius 1 is 0.935 bits per heavy atom. The fourth-order valence-electron chi connectivity index (χ4n) is 2.62. The lowest BCUT2D eigenvalue weighted by Gasteiger charge is -2.14. The Labute approximate surface area is 181 Å². The number of hydrogen-bond donors (Lipinski definition) is 3. The monoisotopic (exact) mass is 428 g/mol. The van der Waals surface area contributed by atoms with Crippen LogP contribution in [0.25, 0.3) is 0 Å². The standard InChI is InChI=1S/C22H28N4O5/c1-14(2)23-20(27)13-31-18-10-9-16(12-19(18)30-5)22(29)25-24-21(28)15-7-6-8-17(11-15)26(3)4/h6-12,14H,13H2,1-5H3,(H,23,27)(H,24,28)(H,25,29). The zero-order valence-electron chi connectivity index (χ0n) is 18.3. The molecule has 0 bridgehead atoms. The summed E-state index contributed by atoms with van der Waals surface area (Å²) in [5.74, 6) is -0.628. The molecule has 0 radical (unpaired) electrons. The number of rotatable bonds is 8. The maximum absolute atomic E-state index is 12.4. The molecule has 0 unspecified atom stereocenters. The zero-order valence-corrected chi connectivity index (χ0v) is 18.3. The highest BCUT2D eigenvalue weighted by Gasteiger charge is 2.14. The highest BCUT2D eigenvalue weighted by molar-refractivity contribution is 5.99. The van der Waals surface area contributed by atoms with Crippen molar-refractivity contribution in [1.29, 1.82) is 0 Å². The van der Waals surface area contributed by atoms with Gasteiger partial charge in [-0.1, -0.05) is 6.07 Å². The van der Waals surface area contributed by atoms with Gasteiger partial charge in [-0.05, 0) is 50.2 Å². The van der Waals surface area contributed by atoms with Gasteiger partial charge in [-0.2, -0.15) is 0 Å². The van der Waals surface area contributed by atoms with Gasteiger partial charge in [0.2, 0.25) is 0 Å². The summed E-state index contributed by atoms with van der Waals surface area (Å²) in [5, 5.41) is 2.72. The van der Waals surface area contributed by atoms with Crippen molar-refractivity contribution in [3.63, 3.8) is 0 Å². The first kappa shape index (κ1) is 23.5. The van der Waals surface area contributed by atoms with Crippen LogP contribution in [-0.4, -0.2) is 51.6 Å². The summed E-state index contributed by atoms with van der Waals surface area (Å²) < 4.78 is 10.7. The summed E-state index contributed by atoms with van der Waals surface area (Å²) in [5.41, 5.74) is 6.29. The van der Waals surface area contributed by atoms with E-state index in [1.165, 1.54) is 25.3 Å². The van der Waals surface area contributed by atoms with Gasteiger partial charge in [-0.15, -0.1) is 0 Å². The molecule has 9 heteroatoms. The molecule has 0 atom stereocenters. The molecule has 166 valence electrons. The molecule has 0 aliphatic carbocycles. The summed E-state index contributed by atoms with van der Waals surface area (Å²) >= 11 is 0. The number of amides is 3. The van der Waals surface area contributed by atoms with Crippen LogP contribution in [0.1, 0.15) is 34.6 Å². The van der Waals surface area contributed by atoms with Crippen molar-refractivity contribution in [3.05, 3.63) is 53.6 Å². The van der Waals surface area contributed by atoms with E-state index in [4.69, 9.17) is 9.47 Å². The number of nitrogens with one attached hydrogen (secondary N) is 3. The highest BCUT2D eigenvalue weighted by atomic mass is 16.5. The molecule has 0 aliphatic rings. The fraction of sp³-hybridized carbons (Fsp3) is 0.318. The van der Waals surface area contributed by atoms with E-state index >= 15 is 0 Å². The number of anilines is 1. The summed E-state index contributed by atoms with van der Waals surface area (Å²) in [4.78, 5) is 38.4. The lowest BCUT2D eigenvalue weighted by Crippen LogP contribution is -2.41. The molecule has 3 amide bonds. The van der Waals surface area contributed by atoms with E-state index in [0.29, 0.717) is 11.3 Å². The number of benzene rings is 2. The minimum Gasteiger partial charge on any atom is -0.493 e. The van der Waals surface area contributed by atoms with Crippen LogP contribution in [0.4, 0.5) is 5.69 Å². The summed E-state index contributed by atoms with van der Waals surface area (Å²) in [6, 6.07) is 11.5. The van der Waals surface area contributed by atoms with Crippen LogP contribution in [0, 0.1) is 0 Å². The van der Waals surface area contributed by atoms with Crippen molar-refractivity contribution in [2.45, 2.75) is 19.9 Å². The second-order valence-electron chi connectivity index (χ2n) is 7.23. The molecule has 31 heavy (non-hydrogen) atoms. The van der Waals surface area contributed by atoms with Gasteiger partial charge in [0.1, 0.15) is 0 Å². The lowest BCUT2D eigenvalue weighted by atomic mass is 10.2. The molecule has 0 aromatic heterocycles. The molecular formula is C22H28N4O5. The molecule has 0 fully saturated rings. The maximum atomic E-state index is 12.4.